The third kappa shape index (κ3) is 5.04. The molecule has 1 amide bonds. The quantitative estimate of drug-likeness (QED) is 0.426. The van der Waals surface area contributed by atoms with Gasteiger partial charge in [0.1, 0.15) is 5.75 Å². The summed E-state index contributed by atoms with van der Waals surface area (Å²) in [6, 6.07) is 15.3. The number of para-hydroxylation sites is 1. The van der Waals surface area contributed by atoms with Crippen molar-refractivity contribution < 1.29 is 14.3 Å². The summed E-state index contributed by atoms with van der Waals surface area (Å²) in [7, 11) is 1.62. The molecular formula is C21H21BrN2O3S. The summed E-state index contributed by atoms with van der Waals surface area (Å²) >= 11 is 4.83. The van der Waals surface area contributed by atoms with Gasteiger partial charge in [0.15, 0.2) is 5.17 Å². The van der Waals surface area contributed by atoms with Crippen LogP contribution in [0.4, 0.5) is 5.69 Å². The Labute approximate surface area is 177 Å². The monoisotopic (exact) mass is 460 g/mol. The van der Waals surface area contributed by atoms with Gasteiger partial charge in [0.05, 0.1) is 30.9 Å². The Morgan fingerprint density at radius 3 is 2.71 bits per heavy atom. The molecule has 2 aromatic rings. The standard InChI is InChI=1S/C21H21BrN2O3S/c1-3-27-12-11-24-20(25)19(14-15-13-16(22)9-10-18(15)26-2)28-21(24)23-17-7-5-4-6-8-17/h4-10,13-14H,3,11-12H2,1-2H3/b19-14-,23-21?. The number of benzene rings is 2. The van der Waals surface area contributed by atoms with Gasteiger partial charge in [-0.2, -0.15) is 0 Å². The second kappa shape index (κ2) is 9.91. The van der Waals surface area contributed by atoms with Crippen molar-refractivity contribution in [3.63, 3.8) is 0 Å². The molecule has 0 saturated carbocycles. The summed E-state index contributed by atoms with van der Waals surface area (Å²) < 4.78 is 11.8. The van der Waals surface area contributed by atoms with Crippen molar-refractivity contribution in [2.75, 3.05) is 26.9 Å². The summed E-state index contributed by atoms with van der Waals surface area (Å²) in [5.41, 5.74) is 1.64. The van der Waals surface area contributed by atoms with Crippen LogP contribution in [0.2, 0.25) is 0 Å². The van der Waals surface area contributed by atoms with E-state index in [1.807, 2.05) is 61.5 Å². The predicted octanol–water partition coefficient (Wildman–Crippen LogP) is 5.10. The average Bonchev–Trinajstić information content (AvgIpc) is 2.98. The van der Waals surface area contributed by atoms with Crippen molar-refractivity contribution in [1.29, 1.82) is 0 Å². The number of aliphatic imine (C=N–C) groups is 1. The van der Waals surface area contributed by atoms with Crippen molar-refractivity contribution in [3.8, 4) is 5.75 Å². The van der Waals surface area contributed by atoms with E-state index in [1.165, 1.54) is 11.8 Å². The first-order chi connectivity index (χ1) is 13.6. The van der Waals surface area contributed by atoms with Gasteiger partial charge in [0.25, 0.3) is 5.91 Å². The minimum absolute atomic E-state index is 0.0820. The molecule has 1 fully saturated rings. The molecule has 0 atom stereocenters. The molecule has 0 bridgehead atoms. The minimum atomic E-state index is -0.0820. The van der Waals surface area contributed by atoms with E-state index in [2.05, 4.69) is 20.9 Å². The van der Waals surface area contributed by atoms with Crippen molar-refractivity contribution in [3.05, 3.63) is 63.5 Å². The molecule has 2 aromatic carbocycles. The van der Waals surface area contributed by atoms with Crippen LogP contribution in [0.1, 0.15) is 12.5 Å². The molecule has 0 unspecified atom stereocenters. The second-order valence-corrected chi connectivity index (χ2v) is 7.81. The Hall–Kier alpha value is -2.09. The van der Waals surface area contributed by atoms with Crippen molar-refractivity contribution in [1.82, 2.24) is 4.90 Å². The number of ether oxygens (including phenoxy) is 2. The number of methoxy groups -OCH3 is 1. The molecule has 5 nitrogen and oxygen atoms in total. The Bertz CT molecular complexity index is 900. The van der Waals surface area contributed by atoms with E-state index < -0.39 is 0 Å². The van der Waals surface area contributed by atoms with Crippen molar-refractivity contribution in [2.45, 2.75) is 6.92 Å². The highest BCUT2D eigenvalue weighted by molar-refractivity contribution is 9.10. The van der Waals surface area contributed by atoms with Crippen LogP contribution in [-0.2, 0) is 9.53 Å². The molecule has 3 rings (SSSR count). The third-order valence-electron chi connectivity index (χ3n) is 4.01. The molecule has 0 N–H and O–H groups in total. The summed E-state index contributed by atoms with van der Waals surface area (Å²) in [4.78, 5) is 20.0. The fourth-order valence-corrected chi connectivity index (χ4v) is 4.06. The first-order valence-corrected chi connectivity index (χ1v) is 10.5. The zero-order valence-electron chi connectivity index (χ0n) is 15.7. The zero-order chi connectivity index (χ0) is 19.9. The first-order valence-electron chi connectivity index (χ1n) is 8.88. The van der Waals surface area contributed by atoms with Gasteiger partial charge in [-0.3, -0.25) is 9.69 Å². The average molecular weight is 461 g/mol. The maximum absolute atomic E-state index is 13.0. The number of carbonyl (C=O) groups excluding carboxylic acids is 1. The molecule has 28 heavy (non-hydrogen) atoms. The normalized spacial score (nSPS) is 17.0. The van der Waals surface area contributed by atoms with Crippen LogP contribution < -0.4 is 4.74 Å². The van der Waals surface area contributed by atoms with E-state index in [0.29, 0.717) is 35.6 Å². The van der Waals surface area contributed by atoms with Crippen molar-refractivity contribution >= 4 is 50.5 Å². The number of hydrogen-bond donors (Lipinski definition) is 0. The summed E-state index contributed by atoms with van der Waals surface area (Å²) in [6.45, 7) is 3.46. The predicted molar refractivity (Wildman–Crippen MR) is 118 cm³/mol. The van der Waals surface area contributed by atoms with Gasteiger partial charge in [0.2, 0.25) is 0 Å². The highest BCUT2D eigenvalue weighted by Gasteiger charge is 2.33. The maximum atomic E-state index is 13.0. The van der Waals surface area contributed by atoms with E-state index in [0.717, 1.165) is 15.7 Å². The summed E-state index contributed by atoms with van der Waals surface area (Å²) in [5, 5.41) is 0.649. The van der Waals surface area contributed by atoms with Gasteiger partial charge in [-0.15, -0.1) is 0 Å². The Balaban J connectivity index is 1.94. The van der Waals surface area contributed by atoms with Crippen molar-refractivity contribution in [2.24, 2.45) is 4.99 Å². The van der Waals surface area contributed by atoms with E-state index in [9.17, 15) is 4.79 Å². The lowest BCUT2D eigenvalue weighted by atomic mass is 10.2. The molecule has 0 spiro atoms. The fourth-order valence-electron chi connectivity index (χ4n) is 2.66. The molecule has 0 radical (unpaired) electrons. The molecule has 1 heterocycles. The zero-order valence-corrected chi connectivity index (χ0v) is 18.1. The summed E-state index contributed by atoms with van der Waals surface area (Å²) in [5.74, 6) is 0.625. The number of amides is 1. The Morgan fingerprint density at radius 1 is 1.21 bits per heavy atom. The topological polar surface area (TPSA) is 51.1 Å². The van der Waals surface area contributed by atoms with Crippen LogP contribution in [0.5, 0.6) is 5.75 Å². The summed E-state index contributed by atoms with van der Waals surface area (Å²) in [6.07, 6.45) is 1.85. The van der Waals surface area contributed by atoms with Gasteiger partial charge in [-0.05, 0) is 55.1 Å². The number of hydrogen-bond acceptors (Lipinski definition) is 5. The van der Waals surface area contributed by atoms with Gasteiger partial charge in [-0.1, -0.05) is 34.1 Å². The number of carbonyl (C=O) groups is 1. The van der Waals surface area contributed by atoms with E-state index in [-0.39, 0.29) is 5.91 Å². The molecule has 1 aliphatic heterocycles. The van der Waals surface area contributed by atoms with E-state index in [4.69, 9.17) is 9.47 Å². The molecule has 1 aliphatic rings. The smallest absolute Gasteiger partial charge is 0.266 e. The first kappa shape index (κ1) is 20.6. The number of nitrogens with zero attached hydrogens (tertiary/aromatic N) is 2. The number of halogens is 1. The van der Waals surface area contributed by atoms with Crippen LogP contribution in [0.25, 0.3) is 6.08 Å². The van der Waals surface area contributed by atoms with Gasteiger partial charge >= 0.3 is 0 Å². The largest absolute Gasteiger partial charge is 0.496 e. The lowest BCUT2D eigenvalue weighted by molar-refractivity contribution is -0.122. The second-order valence-electron chi connectivity index (χ2n) is 5.88. The Morgan fingerprint density at radius 2 is 2.00 bits per heavy atom. The maximum Gasteiger partial charge on any atom is 0.266 e. The van der Waals surface area contributed by atoms with Crippen LogP contribution in [0.3, 0.4) is 0 Å². The van der Waals surface area contributed by atoms with Gasteiger partial charge < -0.3 is 9.47 Å². The SMILES string of the molecule is CCOCCN1C(=O)/C(=C/c2cc(Br)ccc2OC)SC1=Nc1ccccc1. The van der Waals surface area contributed by atoms with Gasteiger partial charge in [0, 0.05) is 16.6 Å². The van der Waals surface area contributed by atoms with Crippen LogP contribution in [0.15, 0.2) is 62.9 Å². The lowest BCUT2D eigenvalue weighted by Gasteiger charge is -2.15. The number of rotatable bonds is 7. The Kier molecular flexibility index (Phi) is 7.30. The molecule has 0 aliphatic carbocycles. The van der Waals surface area contributed by atoms with Crippen LogP contribution in [-0.4, -0.2) is 42.8 Å². The van der Waals surface area contributed by atoms with Crippen LogP contribution in [0, 0.1) is 0 Å². The molecule has 7 heteroatoms. The van der Waals surface area contributed by atoms with E-state index >= 15 is 0 Å². The number of thioether (sulfide) groups is 1. The minimum Gasteiger partial charge on any atom is -0.496 e. The van der Waals surface area contributed by atoms with Crippen LogP contribution >= 0.6 is 27.7 Å². The molecule has 0 aromatic heterocycles. The highest BCUT2D eigenvalue weighted by Crippen LogP contribution is 2.36. The highest BCUT2D eigenvalue weighted by atomic mass is 79.9. The molecular weight excluding hydrogens is 440 g/mol. The van der Waals surface area contributed by atoms with E-state index in [1.54, 1.807) is 12.0 Å². The molecule has 146 valence electrons. The number of amidine groups is 1. The lowest BCUT2D eigenvalue weighted by Crippen LogP contribution is -2.32. The molecule has 1 saturated heterocycles. The third-order valence-corrected chi connectivity index (χ3v) is 5.51. The van der Waals surface area contributed by atoms with Gasteiger partial charge in [-0.25, -0.2) is 4.99 Å². The fraction of sp³-hybridized carbons (Fsp3) is 0.238.